The van der Waals surface area contributed by atoms with Crippen molar-refractivity contribution in [2.24, 2.45) is 0 Å². The van der Waals surface area contributed by atoms with Crippen LogP contribution < -0.4 is 20.9 Å². The first kappa shape index (κ1) is 24.2. The van der Waals surface area contributed by atoms with Gasteiger partial charge >= 0.3 is 5.69 Å². The molecule has 0 N–H and O–H groups in total. The van der Waals surface area contributed by atoms with E-state index in [1.165, 1.54) is 4.57 Å². The first-order valence-electron chi connectivity index (χ1n) is 12.0. The van der Waals surface area contributed by atoms with E-state index in [0.29, 0.717) is 28.2 Å². The zero-order chi connectivity index (χ0) is 25.2. The van der Waals surface area contributed by atoms with Crippen LogP contribution in [0.2, 0.25) is 5.02 Å². The summed E-state index contributed by atoms with van der Waals surface area (Å²) >= 11 is 6.58. The van der Waals surface area contributed by atoms with Crippen LogP contribution >= 0.6 is 11.6 Å². The maximum Gasteiger partial charge on any atom is 0.332 e. The summed E-state index contributed by atoms with van der Waals surface area (Å²) < 4.78 is 8.34. The molecule has 0 spiro atoms. The molecular weight excluding hydrogens is 476 g/mol. The molecule has 1 fully saturated rings. The van der Waals surface area contributed by atoms with E-state index in [4.69, 9.17) is 16.3 Å². The van der Waals surface area contributed by atoms with Crippen molar-refractivity contribution >= 4 is 28.2 Å². The van der Waals surface area contributed by atoms with Crippen molar-refractivity contribution in [1.29, 1.82) is 0 Å². The van der Waals surface area contributed by atoms with Gasteiger partial charge in [0.25, 0.3) is 5.56 Å². The molecule has 186 valence electrons. The molecule has 0 saturated carbocycles. The molecule has 4 aromatic rings. The smallest absolute Gasteiger partial charge is 0.332 e. The molecule has 1 saturated heterocycles. The van der Waals surface area contributed by atoms with Crippen molar-refractivity contribution in [1.82, 2.24) is 14.0 Å². The SMILES string of the molecule is COc1cccc(Cn2c(=O)c3c(N4CCN(C)CC4)cc(Cl)cc3n(Cc3ccccc3)c2=O)c1. The number of methoxy groups -OCH3 is 1. The Hall–Kier alpha value is -3.55. The zero-order valence-corrected chi connectivity index (χ0v) is 21.2. The maximum absolute atomic E-state index is 14.0. The number of piperazine rings is 1. The van der Waals surface area contributed by atoms with Crippen molar-refractivity contribution in [2.45, 2.75) is 13.1 Å². The lowest BCUT2D eigenvalue weighted by molar-refractivity contribution is 0.313. The van der Waals surface area contributed by atoms with Crippen LogP contribution in [0.1, 0.15) is 11.1 Å². The number of rotatable bonds is 6. The number of benzene rings is 3. The summed E-state index contributed by atoms with van der Waals surface area (Å²) in [4.78, 5) is 32.3. The van der Waals surface area contributed by atoms with Gasteiger partial charge in [-0.1, -0.05) is 54.1 Å². The Morgan fingerprint density at radius 2 is 1.53 bits per heavy atom. The molecule has 1 aliphatic rings. The maximum atomic E-state index is 14.0. The third-order valence-corrected chi connectivity index (χ3v) is 6.99. The predicted molar refractivity (Wildman–Crippen MR) is 145 cm³/mol. The van der Waals surface area contributed by atoms with E-state index in [0.717, 1.165) is 43.0 Å². The van der Waals surface area contributed by atoms with E-state index in [1.807, 2.05) is 60.7 Å². The second-order valence-electron chi connectivity index (χ2n) is 9.21. The highest BCUT2D eigenvalue weighted by Gasteiger charge is 2.23. The van der Waals surface area contributed by atoms with Gasteiger partial charge in [-0.05, 0) is 42.4 Å². The summed E-state index contributed by atoms with van der Waals surface area (Å²) in [5.74, 6) is 0.677. The standard InChI is InChI=1S/C28H29ClN4O3/c1-30-11-13-31(14-12-30)24-16-22(29)17-25-26(24)27(34)33(19-21-9-6-10-23(15-21)36-2)28(35)32(25)18-20-7-4-3-5-8-20/h3-10,15-17H,11-14,18-19H2,1-2H3. The van der Waals surface area contributed by atoms with Crippen LogP contribution in [0.25, 0.3) is 10.9 Å². The molecule has 1 aromatic heterocycles. The molecule has 0 bridgehead atoms. The number of likely N-dealkylation sites (N-methyl/N-ethyl adjacent to an activating group) is 1. The molecule has 0 unspecified atom stereocenters. The van der Waals surface area contributed by atoms with Crippen LogP contribution in [0, 0.1) is 0 Å². The molecule has 7 nitrogen and oxygen atoms in total. The zero-order valence-electron chi connectivity index (χ0n) is 20.5. The van der Waals surface area contributed by atoms with E-state index in [1.54, 1.807) is 17.7 Å². The van der Waals surface area contributed by atoms with Crippen molar-refractivity contribution in [3.05, 3.63) is 104 Å². The van der Waals surface area contributed by atoms with Crippen LogP contribution in [-0.2, 0) is 13.1 Å². The van der Waals surface area contributed by atoms with Gasteiger partial charge in [-0.25, -0.2) is 4.79 Å². The van der Waals surface area contributed by atoms with E-state index in [9.17, 15) is 9.59 Å². The lowest BCUT2D eigenvalue weighted by atomic mass is 10.1. The molecule has 0 aliphatic carbocycles. The van der Waals surface area contributed by atoms with Crippen molar-refractivity contribution < 1.29 is 4.74 Å². The number of hydrogen-bond donors (Lipinski definition) is 0. The van der Waals surface area contributed by atoms with Gasteiger partial charge in [-0.2, -0.15) is 0 Å². The highest BCUT2D eigenvalue weighted by Crippen LogP contribution is 2.29. The number of halogens is 1. The van der Waals surface area contributed by atoms with Gasteiger partial charge in [-0.15, -0.1) is 0 Å². The summed E-state index contributed by atoms with van der Waals surface area (Å²) in [5, 5.41) is 1.02. The van der Waals surface area contributed by atoms with Gasteiger partial charge in [-0.3, -0.25) is 13.9 Å². The Balaban J connectivity index is 1.74. The van der Waals surface area contributed by atoms with Gasteiger partial charge < -0.3 is 14.5 Å². The molecule has 5 rings (SSSR count). The number of aromatic nitrogens is 2. The van der Waals surface area contributed by atoms with E-state index >= 15 is 0 Å². The molecular formula is C28H29ClN4O3. The molecule has 8 heteroatoms. The van der Waals surface area contributed by atoms with Crippen molar-refractivity contribution in [2.75, 3.05) is 45.2 Å². The van der Waals surface area contributed by atoms with Gasteiger partial charge in [0.2, 0.25) is 0 Å². The second-order valence-corrected chi connectivity index (χ2v) is 9.64. The fraction of sp³-hybridized carbons (Fsp3) is 0.286. The fourth-order valence-corrected chi connectivity index (χ4v) is 5.00. The van der Waals surface area contributed by atoms with Gasteiger partial charge in [0.1, 0.15) is 5.75 Å². The van der Waals surface area contributed by atoms with Gasteiger partial charge in [0.05, 0.1) is 36.8 Å². The monoisotopic (exact) mass is 504 g/mol. The van der Waals surface area contributed by atoms with Crippen molar-refractivity contribution in [3.63, 3.8) is 0 Å². The van der Waals surface area contributed by atoms with Crippen LogP contribution in [0.5, 0.6) is 5.75 Å². The van der Waals surface area contributed by atoms with E-state index in [2.05, 4.69) is 16.8 Å². The lowest BCUT2D eigenvalue weighted by Crippen LogP contribution is -2.46. The number of nitrogens with zero attached hydrogens (tertiary/aromatic N) is 4. The Morgan fingerprint density at radius 3 is 2.25 bits per heavy atom. The third-order valence-electron chi connectivity index (χ3n) is 6.78. The summed E-state index contributed by atoms with van der Waals surface area (Å²) in [6.07, 6.45) is 0. The highest BCUT2D eigenvalue weighted by atomic mass is 35.5. The van der Waals surface area contributed by atoms with Gasteiger partial charge in [0.15, 0.2) is 0 Å². The topological polar surface area (TPSA) is 59.7 Å². The Bertz CT molecular complexity index is 1510. The summed E-state index contributed by atoms with van der Waals surface area (Å²) in [6, 6.07) is 20.8. The minimum Gasteiger partial charge on any atom is -0.497 e. The second kappa shape index (κ2) is 10.2. The molecule has 0 radical (unpaired) electrons. The van der Waals surface area contributed by atoms with Crippen molar-refractivity contribution in [3.8, 4) is 5.75 Å². The fourth-order valence-electron chi connectivity index (χ4n) is 4.79. The normalized spacial score (nSPS) is 14.4. The summed E-state index contributed by atoms with van der Waals surface area (Å²) in [7, 11) is 3.69. The molecule has 1 aliphatic heterocycles. The van der Waals surface area contributed by atoms with Crippen LogP contribution in [0.4, 0.5) is 5.69 Å². The molecule has 2 heterocycles. The molecule has 3 aromatic carbocycles. The molecule has 0 atom stereocenters. The third kappa shape index (κ3) is 4.76. The van der Waals surface area contributed by atoms with Crippen LogP contribution in [0.15, 0.2) is 76.3 Å². The molecule has 0 amide bonds. The Labute approximate surface area is 214 Å². The lowest BCUT2D eigenvalue weighted by Gasteiger charge is -2.34. The van der Waals surface area contributed by atoms with Crippen LogP contribution in [0.3, 0.4) is 0 Å². The average Bonchev–Trinajstić information content (AvgIpc) is 2.89. The summed E-state index contributed by atoms with van der Waals surface area (Å²) in [5.41, 5.74) is 2.43. The number of hydrogen-bond acceptors (Lipinski definition) is 5. The van der Waals surface area contributed by atoms with Gasteiger partial charge in [0, 0.05) is 31.2 Å². The number of anilines is 1. The minimum atomic E-state index is -0.370. The number of fused-ring (bicyclic) bond motifs is 1. The highest BCUT2D eigenvalue weighted by molar-refractivity contribution is 6.31. The minimum absolute atomic E-state index is 0.143. The van der Waals surface area contributed by atoms with Crippen LogP contribution in [-0.4, -0.2) is 54.4 Å². The number of ether oxygens (including phenoxy) is 1. The van der Waals surface area contributed by atoms with E-state index < -0.39 is 0 Å². The van der Waals surface area contributed by atoms with E-state index in [-0.39, 0.29) is 17.8 Å². The predicted octanol–water partition coefficient (Wildman–Crippen LogP) is 3.67. The Morgan fingerprint density at radius 1 is 0.833 bits per heavy atom. The Kier molecular flexibility index (Phi) is 6.85. The molecule has 36 heavy (non-hydrogen) atoms. The quantitative estimate of drug-likeness (QED) is 0.401. The first-order chi connectivity index (χ1) is 17.4. The summed E-state index contributed by atoms with van der Waals surface area (Å²) in [6.45, 7) is 3.80. The first-order valence-corrected chi connectivity index (χ1v) is 12.4. The largest absolute Gasteiger partial charge is 0.497 e. The average molecular weight is 505 g/mol.